The maximum Gasteiger partial charge on any atom is 0.417 e. The first-order valence-corrected chi connectivity index (χ1v) is 11.8. The van der Waals surface area contributed by atoms with Crippen LogP contribution in [0.15, 0.2) is 56.6 Å². The summed E-state index contributed by atoms with van der Waals surface area (Å²) in [5.41, 5.74) is 1.67. The fourth-order valence-electron chi connectivity index (χ4n) is 3.74. The predicted octanol–water partition coefficient (Wildman–Crippen LogP) is 2.53. The van der Waals surface area contributed by atoms with Crippen molar-refractivity contribution in [1.29, 1.82) is 0 Å². The van der Waals surface area contributed by atoms with Crippen LogP contribution in [-0.2, 0) is 21.2 Å². The van der Waals surface area contributed by atoms with Gasteiger partial charge in [-0.1, -0.05) is 23.7 Å². The zero-order chi connectivity index (χ0) is 22.0. The third-order valence-corrected chi connectivity index (χ3v) is 7.52. The van der Waals surface area contributed by atoms with Crippen LogP contribution in [0.25, 0.3) is 11.1 Å². The number of aromatic amines is 1. The van der Waals surface area contributed by atoms with Gasteiger partial charge in [0.1, 0.15) is 0 Å². The van der Waals surface area contributed by atoms with E-state index in [2.05, 4.69) is 10.3 Å². The number of halogens is 1. The Morgan fingerprint density at radius 3 is 2.77 bits per heavy atom. The molecule has 31 heavy (non-hydrogen) atoms. The molecule has 1 aliphatic heterocycles. The summed E-state index contributed by atoms with van der Waals surface area (Å²) in [5.74, 6) is -1.21. The Hall–Kier alpha value is -2.62. The number of hydrogen-bond acceptors (Lipinski definition) is 5. The van der Waals surface area contributed by atoms with Gasteiger partial charge in [0.2, 0.25) is 15.9 Å². The maximum atomic E-state index is 13.1. The summed E-state index contributed by atoms with van der Waals surface area (Å²) in [7, 11) is -3.81. The molecule has 0 spiro atoms. The number of benzene rings is 2. The second kappa shape index (κ2) is 8.86. The van der Waals surface area contributed by atoms with Gasteiger partial charge in [-0.3, -0.25) is 9.78 Å². The Morgan fingerprint density at radius 1 is 1.23 bits per heavy atom. The van der Waals surface area contributed by atoms with E-state index in [1.807, 2.05) is 12.1 Å². The molecule has 1 saturated heterocycles. The molecule has 2 heterocycles. The number of piperidine rings is 1. The first kappa shape index (κ1) is 21.6. The molecule has 2 N–H and O–H groups in total. The standard InChI is InChI=1S/C21H22ClN3O5S/c22-16-5-3-14(4-6-16)9-10-23-20(26)15-2-1-11-25(13-15)31(28,29)17-7-8-18-19(12-17)30-21(27)24-18/h3-8,12,15H,1-2,9-11,13H2,(H,23,26)(H,24,27)/t15-/m0/s1. The predicted molar refractivity (Wildman–Crippen MR) is 116 cm³/mol. The van der Waals surface area contributed by atoms with E-state index in [-0.39, 0.29) is 22.9 Å². The smallest absolute Gasteiger partial charge is 0.408 e. The van der Waals surface area contributed by atoms with Gasteiger partial charge in [-0.2, -0.15) is 4.31 Å². The number of fused-ring (bicyclic) bond motifs is 1. The van der Waals surface area contributed by atoms with Gasteiger partial charge in [-0.05, 0) is 49.1 Å². The minimum Gasteiger partial charge on any atom is -0.408 e. The zero-order valence-electron chi connectivity index (χ0n) is 16.6. The van der Waals surface area contributed by atoms with Crippen LogP contribution in [0.5, 0.6) is 0 Å². The van der Waals surface area contributed by atoms with Gasteiger partial charge < -0.3 is 9.73 Å². The normalized spacial score (nSPS) is 17.6. The molecular weight excluding hydrogens is 442 g/mol. The lowest BCUT2D eigenvalue weighted by Crippen LogP contribution is -2.45. The Morgan fingerprint density at radius 2 is 2.00 bits per heavy atom. The molecule has 1 fully saturated rings. The molecule has 1 amide bonds. The van der Waals surface area contributed by atoms with Crippen LogP contribution in [0.3, 0.4) is 0 Å². The van der Waals surface area contributed by atoms with Gasteiger partial charge in [0.15, 0.2) is 5.58 Å². The lowest BCUT2D eigenvalue weighted by Gasteiger charge is -2.31. The second-order valence-electron chi connectivity index (χ2n) is 7.54. The van der Waals surface area contributed by atoms with E-state index in [1.54, 1.807) is 12.1 Å². The van der Waals surface area contributed by atoms with E-state index in [1.165, 1.54) is 22.5 Å². The maximum absolute atomic E-state index is 13.1. The van der Waals surface area contributed by atoms with Crippen molar-refractivity contribution in [2.75, 3.05) is 19.6 Å². The van der Waals surface area contributed by atoms with Crippen LogP contribution >= 0.6 is 11.6 Å². The first-order chi connectivity index (χ1) is 14.8. The Balaban J connectivity index is 1.39. The van der Waals surface area contributed by atoms with Crippen molar-refractivity contribution >= 4 is 38.6 Å². The highest BCUT2D eigenvalue weighted by atomic mass is 35.5. The van der Waals surface area contributed by atoms with E-state index in [4.69, 9.17) is 16.0 Å². The lowest BCUT2D eigenvalue weighted by molar-refractivity contribution is -0.126. The van der Waals surface area contributed by atoms with E-state index >= 15 is 0 Å². The van der Waals surface area contributed by atoms with Crippen molar-refractivity contribution in [2.24, 2.45) is 5.92 Å². The quantitative estimate of drug-likeness (QED) is 0.583. The Bertz CT molecular complexity index is 1250. The summed E-state index contributed by atoms with van der Waals surface area (Å²) >= 11 is 5.88. The van der Waals surface area contributed by atoms with Gasteiger partial charge >= 0.3 is 5.76 Å². The molecule has 0 aliphatic carbocycles. The van der Waals surface area contributed by atoms with Crippen molar-refractivity contribution in [3.8, 4) is 0 Å². The number of amides is 1. The molecular formula is C21H22ClN3O5S. The van der Waals surface area contributed by atoms with Crippen molar-refractivity contribution in [2.45, 2.75) is 24.2 Å². The Kier molecular flexibility index (Phi) is 6.17. The minimum atomic E-state index is -3.81. The van der Waals surface area contributed by atoms with Crippen molar-refractivity contribution in [3.05, 3.63) is 63.6 Å². The van der Waals surface area contributed by atoms with Crippen molar-refractivity contribution in [1.82, 2.24) is 14.6 Å². The molecule has 2 aromatic carbocycles. The van der Waals surface area contributed by atoms with Crippen LogP contribution in [0.4, 0.5) is 0 Å². The molecule has 1 aliphatic rings. The molecule has 4 rings (SSSR count). The third kappa shape index (κ3) is 4.84. The largest absolute Gasteiger partial charge is 0.417 e. The molecule has 0 bridgehead atoms. The molecule has 0 unspecified atom stereocenters. The highest BCUT2D eigenvalue weighted by Crippen LogP contribution is 2.25. The molecule has 10 heteroatoms. The molecule has 0 radical (unpaired) electrons. The average Bonchev–Trinajstić information content (AvgIpc) is 3.14. The van der Waals surface area contributed by atoms with Crippen molar-refractivity contribution in [3.63, 3.8) is 0 Å². The summed E-state index contributed by atoms with van der Waals surface area (Å²) in [6.07, 6.45) is 1.89. The SMILES string of the molecule is O=C(NCCc1ccc(Cl)cc1)[C@H]1CCCN(S(=O)(=O)c2ccc3[nH]c(=O)oc3c2)C1. The summed E-state index contributed by atoms with van der Waals surface area (Å²) in [6.45, 7) is 0.920. The van der Waals surface area contributed by atoms with Crippen LogP contribution in [0, 0.1) is 5.92 Å². The number of carbonyl (C=O) groups excluding carboxylic acids is 1. The minimum absolute atomic E-state index is 0.0338. The topological polar surface area (TPSA) is 112 Å². The van der Waals surface area contributed by atoms with Crippen LogP contribution in [-0.4, -0.2) is 43.2 Å². The summed E-state index contributed by atoms with van der Waals surface area (Å²) in [4.78, 5) is 26.5. The zero-order valence-corrected chi connectivity index (χ0v) is 18.2. The number of nitrogens with one attached hydrogen (secondary N) is 2. The molecule has 8 nitrogen and oxygen atoms in total. The average molecular weight is 464 g/mol. The highest BCUT2D eigenvalue weighted by Gasteiger charge is 2.33. The van der Waals surface area contributed by atoms with E-state index < -0.39 is 21.7 Å². The monoisotopic (exact) mass is 463 g/mol. The summed E-state index contributed by atoms with van der Waals surface area (Å²) in [5, 5.41) is 3.57. The fourth-order valence-corrected chi connectivity index (χ4v) is 5.40. The summed E-state index contributed by atoms with van der Waals surface area (Å²) < 4.78 is 32.5. The van der Waals surface area contributed by atoms with Gasteiger partial charge in [-0.15, -0.1) is 0 Å². The molecule has 0 saturated carbocycles. The highest BCUT2D eigenvalue weighted by molar-refractivity contribution is 7.89. The molecule has 164 valence electrons. The fraction of sp³-hybridized carbons (Fsp3) is 0.333. The molecule has 3 aromatic rings. The summed E-state index contributed by atoms with van der Waals surface area (Å²) in [6, 6.07) is 11.7. The third-order valence-electron chi connectivity index (χ3n) is 5.41. The van der Waals surface area contributed by atoms with E-state index in [9.17, 15) is 18.0 Å². The lowest BCUT2D eigenvalue weighted by atomic mass is 9.99. The number of nitrogens with zero attached hydrogens (tertiary/aromatic N) is 1. The number of carbonyl (C=O) groups is 1. The number of oxazole rings is 1. The second-order valence-corrected chi connectivity index (χ2v) is 9.92. The van der Waals surface area contributed by atoms with Gasteiger partial charge in [0.25, 0.3) is 0 Å². The number of H-pyrrole nitrogens is 1. The number of aromatic nitrogens is 1. The first-order valence-electron chi connectivity index (χ1n) is 9.98. The molecule has 1 atom stereocenters. The molecule has 1 aromatic heterocycles. The van der Waals surface area contributed by atoms with Crippen LogP contribution < -0.4 is 11.1 Å². The number of hydrogen-bond donors (Lipinski definition) is 2. The van der Waals surface area contributed by atoms with E-state index in [0.29, 0.717) is 42.9 Å². The van der Waals surface area contributed by atoms with Crippen LogP contribution in [0.1, 0.15) is 18.4 Å². The van der Waals surface area contributed by atoms with Gasteiger partial charge in [0.05, 0.1) is 16.3 Å². The number of sulfonamides is 1. The van der Waals surface area contributed by atoms with Gasteiger partial charge in [-0.25, -0.2) is 13.2 Å². The van der Waals surface area contributed by atoms with E-state index in [0.717, 1.165) is 5.56 Å². The van der Waals surface area contributed by atoms with Gasteiger partial charge in [0, 0.05) is 30.7 Å². The Labute approximate surface area is 184 Å². The van der Waals surface area contributed by atoms with Crippen LogP contribution in [0.2, 0.25) is 5.02 Å². The van der Waals surface area contributed by atoms with Crippen molar-refractivity contribution < 1.29 is 17.6 Å². The number of rotatable bonds is 6.